The Balaban J connectivity index is 2.11. The highest BCUT2D eigenvalue weighted by Crippen LogP contribution is 2.19. The lowest BCUT2D eigenvalue weighted by atomic mass is 10.2. The summed E-state index contributed by atoms with van der Waals surface area (Å²) in [4.78, 5) is 3.92. The average molecular weight is 190 g/mol. The molecule has 4 heteroatoms. The smallest absolute Gasteiger partial charge is 0.155 e. The molecular weight excluding hydrogens is 180 g/mol. The summed E-state index contributed by atoms with van der Waals surface area (Å²) in [5.74, 6) is 0.547. The fraction of sp³-hybridized carbons (Fsp3) is 0.400. The lowest BCUT2D eigenvalue weighted by molar-refractivity contribution is 0.141. The minimum atomic E-state index is 0.0614. The first-order valence-electron chi connectivity index (χ1n) is 4.48. The van der Waals surface area contributed by atoms with Gasteiger partial charge < -0.3 is 9.47 Å². The lowest BCUT2D eigenvalue weighted by Gasteiger charge is -2.11. The minimum absolute atomic E-state index is 0.0614. The third kappa shape index (κ3) is 1.83. The van der Waals surface area contributed by atoms with Crippen LogP contribution in [0.15, 0.2) is 18.5 Å². The molecule has 0 bridgehead atoms. The molecule has 0 aromatic carbocycles. The molecule has 1 atom stereocenters. The van der Waals surface area contributed by atoms with Crippen molar-refractivity contribution in [2.75, 3.05) is 13.2 Å². The first-order valence-corrected chi connectivity index (χ1v) is 4.48. The van der Waals surface area contributed by atoms with E-state index >= 15 is 0 Å². The number of nitrogens with zero attached hydrogens (tertiary/aromatic N) is 2. The molecule has 0 spiro atoms. The second-order valence-corrected chi connectivity index (χ2v) is 3.09. The van der Waals surface area contributed by atoms with Crippen LogP contribution >= 0.6 is 0 Å². The Morgan fingerprint density at radius 3 is 3.29 bits per heavy atom. The molecule has 1 aliphatic heterocycles. The van der Waals surface area contributed by atoms with Crippen molar-refractivity contribution in [3.8, 4) is 11.8 Å². The van der Waals surface area contributed by atoms with Gasteiger partial charge >= 0.3 is 0 Å². The Morgan fingerprint density at radius 2 is 2.57 bits per heavy atom. The third-order valence-corrected chi connectivity index (χ3v) is 2.09. The monoisotopic (exact) mass is 190 g/mol. The van der Waals surface area contributed by atoms with E-state index in [1.807, 2.05) is 0 Å². The standard InChI is InChI=1S/C10H10N2O2/c11-5-8-1-3-12-6-10(8)14-9-2-4-13-7-9/h1,3,6,9H,2,4,7H2. The van der Waals surface area contributed by atoms with E-state index in [2.05, 4.69) is 11.1 Å². The summed E-state index contributed by atoms with van der Waals surface area (Å²) in [6.45, 7) is 1.33. The van der Waals surface area contributed by atoms with Crippen molar-refractivity contribution in [3.05, 3.63) is 24.0 Å². The van der Waals surface area contributed by atoms with Crippen LogP contribution in [0.4, 0.5) is 0 Å². The van der Waals surface area contributed by atoms with Gasteiger partial charge in [0, 0.05) is 12.6 Å². The molecule has 1 aromatic heterocycles. The molecular formula is C10H10N2O2. The molecule has 0 N–H and O–H groups in total. The van der Waals surface area contributed by atoms with Crippen molar-refractivity contribution in [1.82, 2.24) is 4.98 Å². The highest BCUT2D eigenvalue weighted by Gasteiger charge is 2.18. The maximum atomic E-state index is 8.80. The van der Waals surface area contributed by atoms with E-state index in [0.29, 0.717) is 17.9 Å². The summed E-state index contributed by atoms with van der Waals surface area (Å²) in [5.41, 5.74) is 0.520. The fourth-order valence-corrected chi connectivity index (χ4v) is 1.35. The Bertz CT molecular complexity index is 353. The molecule has 14 heavy (non-hydrogen) atoms. The molecule has 72 valence electrons. The number of aromatic nitrogens is 1. The van der Waals surface area contributed by atoms with Crippen LogP contribution in [-0.4, -0.2) is 24.3 Å². The minimum Gasteiger partial charge on any atom is -0.485 e. The zero-order valence-electron chi connectivity index (χ0n) is 7.64. The third-order valence-electron chi connectivity index (χ3n) is 2.09. The van der Waals surface area contributed by atoms with Crippen molar-refractivity contribution in [1.29, 1.82) is 5.26 Å². The SMILES string of the molecule is N#Cc1ccncc1OC1CCOC1. The van der Waals surface area contributed by atoms with Crippen LogP contribution in [0.25, 0.3) is 0 Å². The van der Waals surface area contributed by atoms with Gasteiger partial charge in [-0.05, 0) is 6.07 Å². The lowest BCUT2D eigenvalue weighted by Crippen LogP contribution is -2.16. The van der Waals surface area contributed by atoms with Gasteiger partial charge in [-0.2, -0.15) is 5.26 Å². The summed E-state index contributed by atoms with van der Waals surface area (Å²) < 4.78 is 10.8. The molecule has 1 aliphatic rings. The second-order valence-electron chi connectivity index (χ2n) is 3.09. The van der Waals surface area contributed by atoms with E-state index in [1.165, 1.54) is 0 Å². The summed E-state index contributed by atoms with van der Waals surface area (Å²) >= 11 is 0. The maximum absolute atomic E-state index is 8.80. The van der Waals surface area contributed by atoms with Crippen LogP contribution in [-0.2, 0) is 4.74 Å². The van der Waals surface area contributed by atoms with E-state index in [1.54, 1.807) is 18.5 Å². The molecule has 2 heterocycles. The summed E-state index contributed by atoms with van der Waals surface area (Å²) in [5, 5.41) is 8.80. The van der Waals surface area contributed by atoms with E-state index in [9.17, 15) is 0 Å². The van der Waals surface area contributed by atoms with Crippen molar-refractivity contribution in [2.45, 2.75) is 12.5 Å². The van der Waals surface area contributed by atoms with Gasteiger partial charge in [0.05, 0.1) is 25.0 Å². The van der Waals surface area contributed by atoms with E-state index in [4.69, 9.17) is 14.7 Å². The number of ether oxygens (including phenoxy) is 2. The second kappa shape index (κ2) is 4.07. The predicted molar refractivity (Wildman–Crippen MR) is 48.8 cm³/mol. The molecule has 1 saturated heterocycles. The van der Waals surface area contributed by atoms with Crippen LogP contribution in [0.5, 0.6) is 5.75 Å². The number of nitriles is 1. The van der Waals surface area contributed by atoms with Gasteiger partial charge in [-0.25, -0.2) is 0 Å². The van der Waals surface area contributed by atoms with Gasteiger partial charge in [0.25, 0.3) is 0 Å². The van der Waals surface area contributed by atoms with Crippen molar-refractivity contribution >= 4 is 0 Å². The van der Waals surface area contributed by atoms with Crippen molar-refractivity contribution < 1.29 is 9.47 Å². The van der Waals surface area contributed by atoms with Crippen LogP contribution in [0, 0.1) is 11.3 Å². The number of rotatable bonds is 2. The van der Waals surface area contributed by atoms with Crippen LogP contribution in [0.1, 0.15) is 12.0 Å². The Morgan fingerprint density at radius 1 is 1.64 bits per heavy atom. The Kier molecular flexibility index (Phi) is 2.61. The quantitative estimate of drug-likeness (QED) is 0.701. The van der Waals surface area contributed by atoms with E-state index in [0.717, 1.165) is 13.0 Å². The molecule has 0 radical (unpaired) electrons. The Hall–Kier alpha value is -1.60. The molecule has 1 fully saturated rings. The van der Waals surface area contributed by atoms with Crippen molar-refractivity contribution in [3.63, 3.8) is 0 Å². The normalized spacial score (nSPS) is 20.4. The van der Waals surface area contributed by atoms with Crippen LogP contribution < -0.4 is 4.74 Å². The summed E-state index contributed by atoms with van der Waals surface area (Å²) in [7, 11) is 0. The molecule has 4 nitrogen and oxygen atoms in total. The summed E-state index contributed by atoms with van der Waals surface area (Å²) in [6.07, 6.45) is 4.08. The van der Waals surface area contributed by atoms with Crippen LogP contribution in [0.2, 0.25) is 0 Å². The number of hydrogen-bond acceptors (Lipinski definition) is 4. The molecule has 2 rings (SSSR count). The number of pyridine rings is 1. The van der Waals surface area contributed by atoms with Gasteiger partial charge in [-0.1, -0.05) is 0 Å². The van der Waals surface area contributed by atoms with Gasteiger partial charge in [-0.15, -0.1) is 0 Å². The van der Waals surface area contributed by atoms with Crippen LogP contribution in [0.3, 0.4) is 0 Å². The first-order chi connectivity index (χ1) is 6.90. The average Bonchev–Trinajstić information content (AvgIpc) is 2.71. The predicted octanol–water partition coefficient (Wildman–Crippen LogP) is 1.12. The zero-order valence-corrected chi connectivity index (χ0v) is 7.64. The highest BCUT2D eigenvalue weighted by molar-refractivity contribution is 5.40. The van der Waals surface area contributed by atoms with E-state index < -0.39 is 0 Å². The number of hydrogen-bond donors (Lipinski definition) is 0. The molecule has 0 aliphatic carbocycles. The van der Waals surface area contributed by atoms with Gasteiger partial charge in [0.15, 0.2) is 5.75 Å². The first kappa shape index (κ1) is 8.97. The summed E-state index contributed by atoms with van der Waals surface area (Å²) in [6, 6.07) is 3.71. The maximum Gasteiger partial charge on any atom is 0.155 e. The highest BCUT2D eigenvalue weighted by atomic mass is 16.5. The largest absolute Gasteiger partial charge is 0.485 e. The van der Waals surface area contributed by atoms with Crippen molar-refractivity contribution in [2.24, 2.45) is 0 Å². The van der Waals surface area contributed by atoms with Gasteiger partial charge in [-0.3, -0.25) is 4.98 Å². The zero-order chi connectivity index (χ0) is 9.80. The molecule has 0 amide bonds. The fourth-order valence-electron chi connectivity index (χ4n) is 1.35. The van der Waals surface area contributed by atoms with E-state index in [-0.39, 0.29) is 6.10 Å². The molecule has 1 unspecified atom stereocenters. The van der Waals surface area contributed by atoms with Gasteiger partial charge in [0.1, 0.15) is 12.2 Å². The molecule has 0 saturated carbocycles. The molecule has 1 aromatic rings. The Labute approximate surface area is 82.1 Å². The topological polar surface area (TPSA) is 55.1 Å². The van der Waals surface area contributed by atoms with Gasteiger partial charge in [0.2, 0.25) is 0 Å².